The molecule has 1 aliphatic rings. The fraction of sp³-hybridized carbons (Fsp3) is 0.222. The van der Waals surface area contributed by atoms with E-state index in [9.17, 15) is 0 Å². The van der Waals surface area contributed by atoms with E-state index in [1.54, 1.807) is 18.4 Å². The molecule has 3 aromatic heterocycles. The molecule has 0 radical (unpaired) electrons. The standard InChI is InChI=1S/C18H15N5O3S/c1-24-13-4-2-11(3-5-13)15-8-23-14(9-25-15)16(20-22-23)17-19-18(26-21-17)12-6-7-27-10-12/h2-7,10,15H,8-9H2,1H3/t15-/m0/s1. The molecule has 0 spiro atoms. The number of methoxy groups -OCH3 is 1. The van der Waals surface area contributed by atoms with Crippen LogP contribution < -0.4 is 4.74 Å². The fourth-order valence-corrected chi connectivity index (χ4v) is 3.66. The summed E-state index contributed by atoms with van der Waals surface area (Å²) in [5, 5.41) is 16.5. The van der Waals surface area contributed by atoms with Crippen molar-refractivity contribution >= 4 is 11.3 Å². The summed E-state index contributed by atoms with van der Waals surface area (Å²) >= 11 is 1.58. The third kappa shape index (κ3) is 2.90. The lowest BCUT2D eigenvalue weighted by atomic mass is 10.1. The first-order valence-electron chi connectivity index (χ1n) is 8.36. The lowest BCUT2D eigenvalue weighted by Crippen LogP contribution is -2.22. The van der Waals surface area contributed by atoms with Gasteiger partial charge >= 0.3 is 0 Å². The van der Waals surface area contributed by atoms with Crippen LogP contribution in [0.25, 0.3) is 23.0 Å². The molecule has 136 valence electrons. The summed E-state index contributed by atoms with van der Waals surface area (Å²) in [6, 6.07) is 9.78. The van der Waals surface area contributed by atoms with Crippen molar-refractivity contribution in [3.63, 3.8) is 0 Å². The molecule has 1 aromatic carbocycles. The molecule has 9 heteroatoms. The molecule has 0 saturated carbocycles. The third-order valence-electron chi connectivity index (χ3n) is 4.49. The Morgan fingerprint density at radius 2 is 2.11 bits per heavy atom. The molecule has 5 rings (SSSR count). The third-order valence-corrected chi connectivity index (χ3v) is 5.17. The van der Waals surface area contributed by atoms with E-state index >= 15 is 0 Å². The summed E-state index contributed by atoms with van der Waals surface area (Å²) in [7, 11) is 1.65. The number of thiophene rings is 1. The highest BCUT2D eigenvalue weighted by atomic mass is 32.1. The predicted octanol–water partition coefficient (Wildman–Crippen LogP) is 3.34. The van der Waals surface area contributed by atoms with Gasteiger partial charge in [0, 0.05) is 5.38 Å². The SMILES string of the molecule is COc1ccc([C@@H]2Cn3nnc(-c4noc(-c5ccsc5)n4)c3CO2)cc1. The molecule has 0 saturated heterocycles. The van der Waals surface area contributed by atoms with E-state index in [-0.39, 0.29) is 6.10 Å². The van der Waals surface area contributed by atoms with Crippen LogP contribution in [-0.2, 0) is 17.9 Å². The van der Waals surface area contributed by atoms with Crippen LogP contribution in [0.4, 0.5) is 0 Å². The Labute approximate surface area is 158 Å². The largest absolute Gasteiger partial charge is 0.497 e. The van der Waals surface area contributed by atoms with Crippen LogP contribution in [0.3, 0.4) is 0 Å². The predicted molar refractivity (Wildman–Crippen MR) is 97.2 cm³/mol. The van der Waals surface area contributed by atoms with Crippen LogP contribution in [-0.4, -0.2) is 32.2 Å². The van der Waals surface area contributed by atoms with E-state index < -0.39 is 0 Å². The maximum atomic E-state index is 6.04. The van der Waals surface area contributed by atoms with Gasteiger partial charge < -0.3 is 14.0 Å². The van der Waals surface area contributed by atoms with E-state index in [0.29, 0.717) is 30.6 Å². The monoisotopic (exact) mass is 381 g/mol. The van der Waals surface area contributed by atoms with Crippen molar-refractivity contribution in [2.45, 2.75) is 19.3 Å². The van der Waals surface area contributed by atoms with Crippen molar-refractivity contribution in [2.24, 2.45) is 0 Å². The number of hydrogen-bond acceptors (Lipinski definition) is 8. The number of hydrogen-bond donors (Lipinski definition) is 0. The molecular weight excluding hydrogens is 366 g/mol. The molecule has 8 nitrogen and oxygen atoms in total. The van der Waals surface area contributed by atoms with Crippen molar-refractivity contribution < 1.29 is 14.0 Å². The molecule has 27 heavy (non-hydrogen) atoms. The van der Waals surface area contributed by atoms with Crippen LogP contribution in [0.2, 0.25) is 0 Å². The van der Waals surface area contributed by atoms with Crippen LogP contribution in [0.5, 0.6) is 5.75 Å². The molecule has 4 heterocycles. The Bertz CT molecular complexity index is 1060. The van der Waals surface area contributed by atoms with Gasteiger partial charge in [0.1, 0.15) is 11.9 Å². The van der Waals surface area contributed by atoms with Crippen molar-refractivity contribution in [3.05, 3.63) is 52.3 Å². The maximum absolute atomic E-state index is 6.04. The molecule has 4 aromatic rings. The van der Waals surface area contributed by atoms with E-state index in [1.165, 1.54) is 0 Å². The Morgan fingerprint density at radius 3 is 2.89 bits per heavy atom. The number of nitrogens with zero attached hydrogens (tertiary/aromatic N) is 5. The van der Waals surface area contributed by atoms with Crippen LogP contribution >= 0.6 is 11.3 Å². The second-order valence-electron chi connectivity index (χ2n) is 6.07. The highest BCUT2D eigenvalue weighted by molar-refractivity contribution is 7.08. The topological polar surface area (TPSA) is 88.1 Å². The van der Waals surface area contributed by atoms with Crippen LogP contribution in [0, 0.1) is 0 Å². The first-order valence-corrected chi connectivity index (χ1v) is 9.30. The Hall–Kier alpha value is -3.04. The van der Waals surface area contributed by atoms with Crippen molar-refractivity contribution in [1.29, 1.82) is 0 Å². The quantitative estimate of drug-likeness (QED) is 0.536. The highest BCUT2D eigenvalue weighted by Gasteiger charge is 2.27. The van der Waals surface area contributed by atoms with Gasteiger partial charge in [-0.3, -0.25) is 0 Å². The Morgan fingerprint density at radius 1 is 1.22 bits per heavy atom. The number of ether oxygens (including phenoxy) is 2. The lowest BCUT2D eigenvalue weighted by Gasteiger charge is -2.24. The average Bonchev–Trinajstić information content (AvgIpc) is 3.46. The Kier molecular flexibility index (Phi) is 3.95. The molecular formula is C18H15N5O3S. The fourth-order valence-electron chi connectivity index (χ4n) is 3.03. The highest BCUT2D eigenvalue weighted by Crippen LogP contribution is 2.31. The molecule has 0 unspecified atom stereocenters. The zero-order chi connectivity index (χ0) is 18.2. The minimum absolute atomic E-state index is 0.0930. The zero-order valence-corrected chi connectivity index (χ0v) is 15.2. The number of rotatable bonds is 4. The second-order valence-corrected chi connectivity index (χ2v) is 6.85. The minimum atomic E-state index is -0.0930. The van der Waals surface area contributed by atoms with E-state index in [1.807, 2.05) is 45.8 Å². The lowest BCUT2D eigenvalue weighted by molar-refractivity contribution is -0.00114. The zero-order valence-electron chi connectivity index (χ0n) is 14.4. The van der Waals surface area contributed by atoms with Crippen LogP contribution in [0.1, 0.15) is 17.4 Å². The van der Waals surface area contributed by atoms with E-state index in [2.05, 4.69) is 20.5 Å². The van der Waals surface area contributed by atoms with Gasteiger partial charge in [-0.15, -0.1) is 5.10 Å². The molecule has 0 aliphatic carbocycles. The van der Waals surface area contributed by atoms with Gasteiger partial charge in [-0.1, -0.05) is 22.5 Å². The summed E-state index contributed by atoms with van der Waals surface area (Å²) in [5.41, 5.74) is 3.40. The maximum Gasteiger partial charge on any atom is 0.259 e. The Balaban J connectivity index is 1.40. The van der Waals surface area contributed by atoms with Gasteiger partial charge in [-0.2, -0.15) is 16.3 Å². The summed E-state index contributed by atoms with van der Waals surface area (Å²) in [4.78, 5) is 4.44. The van der Waals surface area contributed by atoms with Crippen molar-refractivity contribution in [1.82, 2.24) is 25.1 Å². The summed E-state index contributed by atoms with van der Waals surface area (Å²) in [5.74, 6) is 1.71. The van der Waals surface area contributed by atoms with Crippen molar-refractivity contribution in [3.8, 4) is 28.7 Å². The van der Waals surface area contributed by atoms with Gasteiger partial charge in [0.05, 0.1) is 31.5 Å². The molecule has 0 bridgehead atoms. The summed E-state index contributed by atoms with van der Waals surface area (Å²) in [6.45, 7) is 0.950. The van der Waals surface area contributed by atoms with Gasteiger partial charge in [0.2, 0.25) is 5.82 Å². The summed E-state index contributed by atoms with van der Waals surface area (Å²) < 4.78 is 18.4. The molecule has 0 N–H and O–H groups in total. The summed E-state index contributed by atoms with van der Waals surface area (Å²) in [6.07, 6.45) is -0.0930. The smallest absolute Gasteiger partial charge is 0.259 e. The van der Waals surface area contributed by atoms with Gasteiger partial charge in [0.15, 0.2) is 5.69 Å². The number of benzene rings is 1. The molecule has 0 amide bonds. The molecule has 1 aliphatic heterocycles. The first kappa shape index (κ1) is 16.2. The average molecular weight is 381 g/mol. The minimum Gasteiger partial charge on any atom is -0.497 e. The molecule has 0 fully saturated rings. The normalized spacial score (nSPS) is 16.3. The van der Waals surface area contributed by atoms with E-state index in [0.717, 1.165) is 22.6 Å². The second kappa shape index (κ2) is 6.60. The first-order chi connectivity index (χ1) is 13.3. The number of aromatic nitrogens is 5. The number of fused-ring (bicyclic) bond motifs is 1. The van der Waals surface area contributed by atoms with Crippen LogP contribution in [0.15, 0.2) is 45.6 Å². The van der Waals surface area contributed by atoms with Crippen molar-refractivity contribution in [2.75, 3.05) is 7.11 Å². The van der Waals surface area contributed by atoms with Gasteiger partial charge in [-0.05, 0) is 29.1 Å². The van der Waals surface area contributed by atoms with E-state index in [4.69, 9.17) is 14.0 Å². The molecule has 1 atom stereocenters. The van der Waals surface area contributed by atoms with Gasteiger partial charge in [0.25, 0.3) is 5.89 Å². The van der Waals surface area contributed by atoms with Gasteiger partial charge in [-0.25, -0.2) is 4.68 Å².